The summed E-state index contributed by atoms with van der Waals surface area (Å²) in [5.74, 6) is 1.13. The number of piperazine rings is 1. The van der Waals surface area contributed by atoms with Crippen LogP contribution in [0.25, 0.3) is 10.8 Å². The summed E-state index contributed by atoms with van der Waals surface area (Å²) < 4.78 is 20.1. The van der Waals surface area contributed by atoms with Crippen LogP contribution in [0.5, 0.6) is 11.8 Å². The van der Waals surface area contributed by atoms with Gasteiger partial charge in [-0.2, -0.15) is 9.97 Å². The predicted molar refractivity (Wildman–Crippen MR) is 162 cm³/mol. The molecule has 2 aromatic carbocycles. The van der Waals surface area contributed by atoms with Gasteiger partial charge in [0.25, 0.3) is 0 Å². The molecule has 0 spiro atoms. The van der Waals surface area contributed by atoms with Gasteiger partial charge in [-0.1, -0.05) is 37.8 Å². The maximum absolute atomic E-state index is 13.9. The number of rotatable bonds is 8. The summed E-state index contributed by atoms with van der Waals surface area (Å²) in [6.07, 6.45) is 2.12. The van der Waals surface area contributed by atoms with Gasteiger partial charge in [0.2, 0.25) is 5.91 Å². The van der Waals surface area contributed by atoms with Gasteiger partial charge in [-0.3, -0.25) is 9.69 Å². The zero-order valence-electron chi connectivity index (χ0n) is 24.2. The number of hydrogen-bond donors (Lipinski definition) is 1. The Morgan fingerprint density at radius 1 is 1.12 bits per heavy atom. The molecule has 2 atom stereocenters. The molecular formula is C32H39FN6O3. The fraction of sp³-hybridized carbons (Fsp3) is 0.469. The molecule has 42 heavy (non-hydrogen) atoms. The van der Waals surface area contributed by atoms with Gasteiger partial charge in [-0.15, -0.1) is 0 Å². The largest absolute Gasteiger partial charge is 0.508 e. The van der Waals surface area contributed by atoms with Crippen molar-refractivity contribution in [3.63, 3.8) is 0 Å². The van der Waals surface area contributed by atoms with Gasteiger partial charge in [-0.25, -0.2) is 4.39 Å². The van der Waals surface area contributed by atoms with Crippen molar-refractivity contribution in [1.29, 1.82) is 0 Å². The standard InChI is InChI=1S/C32H39FN6O3/c1-3-30(41)37-12-14-38(15-13-37)31-26-9-11-39(29-18-24(40)17-23-7-4-5-8-25(23)29)21-28(26)34-32(35-31)42-16-6-10-36-19-22(2)27(33)20-36/h3-5,7-8,17-18,22,27,40H,1,6,9-16,19-21H2,2H3/t22-,27+/m0/s1. The van der Waals surface area contributed by atoms with Crippen LogP contribution in [0.3, 0.4) is 0 Å². The minimum absolute atomic E-state index is 0.0520. The van der Waals surface area contributed by atoms with E-state index in [0.717, 1.165) is 66.0 Å². The van der Waals surface area contributed by atoms with E-state index in [1.165, 1.54) is 6.08 Å². The number of phenolic OH excluding ortho intramolecular Hbond substituents is 1. The van der Waals surface area contributed by atoms with Crippen LogP contribution in [0.15, 0.2) is 49.1 Å². The van der Waals surface area contributed by atoms with Crippen LogP contribution in [-0.2, 0) is 17.8 Å². The molecule has 2 fully saturated rings. The van der Waals surface area contributed by atoms with Gasteiger partial charge < -0.3 is 24.5 Å². The van der Waals surface area contributed by atoms with Crippen molar-refractivity contribution in [1.82, 2.24) is 19.8 Å². The fourth-order valence-corrected chi connectivity index (χ4v) is 6.38. The lowest BCUT2D eigenvalue weighted by Gasteiger charge is -2.38. The number of anilines is 2. The van der Waals surface area contributed by atoms with E-state index in [1.807, 2.05) is 36.1 Å². The predicted octanol–water partition coefficient (Wildman–Crippen LogP) is 3.79. The first-order valence-electron chi connectivity index (χ1n) is 14.9. The van der Waals surface area contributed by atoms with E-state index in [1.54, 1.807) is 6.07 Å². The number of carbonyl (C=O) groups is 1. The van der Waals surface area contributed by atoms with Crippen molar-refractivity contribution in [2.45, 2.75) is 32.5 Å². The Kier molecular flexibility index (Phi) is 8.15. The third-order valence-corrected chi connectivity index (χ3v) is 8.70. The molecule has 4 heterocycles. The summed E-state index contributed by atoms with van der Waals surface area (Å²) in [6.45, 7) is 11.9. The van der Waals surface area contributed by atoms with E-state index >= 15 is 0 Å². The highest BCUT2D eigenvalue weighted by atomic mass is 19.1. The first-order chi connectivity index (χ1) is 20.4. The molecule has 3 aliphatic rings. The molecule has 0 radical (unpaired) electrons. The Balaban J connectivity index is 1.23. The number of carbonyl (C=O) groups excluding carboxylic acids is 1. The van der Waals surface area contributed by atoms with Crippen LogP contribution in [0.2, 0.25) is 0 Å². The molecule has 10 heteroatoms. The number of alkyl halides is 1. The highest BCUT2D eigenvalue weighted by molar-refractivity contribution is 5.95. The zero-order valence-corrected chi connectivity index (χ0v) is 24.2. The van der Waals surface area contributed by atoms with Crippen molar-refractivity contribution in [2.75, 3.05) is 68.8 Å². The summed E-state index contributed by atoms with van der Waals surface area (Å²) in [6, 6.07) is 12.0. The van der Waals surface area contributed by atoms with Gasteiger partial charge in [0.1, 0.15) is 17.7 Å². The van der Waals surface area contributed by atoms with E-state index < -0.39 is 6.17 Å². The molecule has 1 N–H and O–H groups in total. The molecule has 1 aromatic heterocycles. The molecule has 222 valence electrons. The van der Waals surface area contributed by atoms with Crippen molar-refractivity contribution in [2.24, 2.45) is 5.92 Å². The quantitative estimate of drug-likeness (QED) is 0.322. The summed E-state index contributed by atoms with van der Waals surface area (Å²) in [5, 5.41) is 12.5. The van der Waals surface area contributed by atoms with Crippen molar-refractivity contribution >= 4 is 28.2 Å². The Labute approximate surface area is 246 Å². The minimum atomic E-state index is -0.758. The Bertz CT molecular complexity index is 1450. The van der Waals surface area contributed by atoms with Crippen LogP contribution in [0.4, 0.5) is 15.9 Å². The molecule has 3 aromatic rings. The van der Waals surface area contributed by atoms with Crippen LogP contribution >= 0.6 is 0 Å². The van der Waals surface area contributed by atoms with E-state index in [2.05, 4.69) is 27.3 Å². The normalized spacial score (nSPS) is 21.0. The monoisotopic (exact) mass is 574 g/mol. The summed E-state index contributed by atoms with van der Waals surface area (Å²) in [5.41, 5.74) is 2.99. The molecule has 2 saturated heterocycles. The molecule has 1 amide bonds. The average Bonchev–Trinajstić information content (AvgIpc) is 3.34. The molecule has 0 aliphatic carbocycles. The Morgan fingerprint density at radius 2 is 1.93 bits per heavy atom. The Morgan fingerprint density at radius 3 is 2.69 bits per heavy atom. The number of phenols is 1. The molecule has 6 rings (SSSR count). The second-order valence-electron chi connectivity index (χ2n) is 11.6. The summed E-state index contributed by atoms with van der Waals surface area (Å²) in [7, 11) is 0. The third-order valence-electron chi connectivity index (χ3n) is 8.70. The van der Waals surface area contributed by atoms with Crippen molar-refractivity contribution in [3.8, 4) is 11.8 Å². The molecular weight excluding hydrogens is 535 g/mol. The van der Waals surface area contributed by atoms with E-state index in [0.29, 0.717) is 51.9 Å². The van der Waals surface area contributed by atoms with Gasteiger partial charge >= 0.3 is 6.01 Å². The molecule has 9 nitrogen and oxygen atoms in total. The smallest absolute Gasteiger partial charge is 0.318 e. The number of nitrogens with zero attached hydrogens (tertiary/aromatic N) is 6. The molecule has 0 unspecified atom stereocenters. The number of hydrogen-bond acceptors (Lipinski definition) is 8. The lowest BCUT2D eigenvalue weighted by molar-refractivity contribution is -0.126. The summed E-state index contributed by atoms with van der Waals surface area (Å²) in [4.78, 5) is 30.4. The maximum Gasteiger partial charge on any atom is 0.318 e. The third kappa shape index (κ3) is 5.86. The van der Waals surface area contributed by atoms with Crippen molar-refractivity contribution < 1.29 is 19.0 Å². The number of fused-ring (bicyclic) bond motifs is 2. The van der Waals surface area contributed by atoms with Gasteiger partial charge in [0, 0.05) is 81.0 Å². The topological polar surface area (TPSA) is 85.3 Å². The van der Waals surface area contributed by atoms with E-state index in [-0.39, 0.29) is 17.6 Å². The van der Waals surface area contributed by atoms with Gasteiger partial charge in [0.15, 0.2) is 0 Å². The number of benzene rings is 2. The van der Waals surface area contributed by atoms with Crippen LogP contribution in [0, 0.1) is 5.92 Å². The number of amides is 1. The second-order valence-corrected chi connectivity index (χ2v) is 11.6. The number of aromatic hydroxyl groups is 1. The van der Waals surface area contributed by atoms with E-state index in [9.17, 15) is 14.3 Å². The fourth-order valence-electron chi connectivity index (χ4n) is 6.38. The highest BCUT2D eigenvalue weighted by Gasteiger charge is 2.30. The first kappa shape index (κ1) is 28.2. The SMILES string of the molecule is C=CC(=O)N1CCN(c2nc(OCCCN3C[C@@H](F)[C@@H](C)C3)nc3c2CCN(c2cc(O)cc4ccccc24)C3)CC1. The molecule has 0 saturated carbocycles. The zero-order chi connectivity index (χ0) is 29.2. The lowest BCUT2D eigenvalue weighted by atomic mass is 10.0. The molecule has 0 bridgehead atoms. The van der Waals surface area contributed by atoms with E-state index in [4.69, 9.17) is 14.7 Å². The lowest BCUT2D eigenvalue weighted by Crippen LogP contribution is -2.49. The Hall–Kier alpha value is -3.92. The van der Waals surface area contributed by atoms with Gasteiger partial charge in [0.05, 0.1) is 18.8 Å². The first-order valence-corrected chi connectivity index (χ1v) is 14.9. The number of aromatic nitrogens is 2. The number of likely N-dealkylation sites (tertiary alicyclic amines) is 1. The highest BCUT2D eigenvalue weighted by Crippen LogP contribution is 2.36. The minimum Gasteiger partial charge on any atom is -0.508 e. The molecule has 3 aliphatic heterocycles. The average molecular weight is 575 g/mol. The van der Waals surface area contributed by atoms with Crippen LogP contribution in [0.1, 0.15) is 24.6 Å². The number of ether oxygens (including phenoxy) is 1. The van der Waals surface area contributed by atoms with Crippen LogP contribution < -0.4 is 14.5 Å². The van der Waals surface area contributed by atoms with Crippen molar-refractivity contribution in [3.05, 3.63) is 60.3 Å². The number of halogens is 1. The van der Waals surface area contributed by atoms with Gasteiger partial charge in [-0.05, 0) is 30.4 Å². The summed E-state index contributed by atoms with van der Waals surface area (Å²) >= 11 is 0. The van der Waals surface area contributed by atoms with Crippen LogP contribution in [-0.4, -0.2) is 95.9 Å². The second kappa shape index (κ2) is 12.1. The maximum atomic E-state index is 13.9.